The van der Waals surface area contributed by atoms with Crippen LogP contribution in [0.1, 0.15) is 62.7 Å². The van der Waals surface area contributed by atoms with Crippen LogP contribution in [0.2, 0.25) is 0 Å². The minimum absolute atomic E-state index is 0.0162. The van der Waals surface area contributed by atoms with Crippen molar-refractivity contribution in [3.05, 3.63) is 47.8 Å². The minimum atomic E-state index is -3.76. The number of sulfone groups is 1. The van der Waals surface area contributed by atoms with Gasteiger partial charge < -0.3 is 14.4 Å². The number of unbranched alkanes of at least 4 members (excludes halogenated alkanes) is 2. The quantitative estimate of drug-likeness (QED) is 0.406. The molecule has 0 amide bonds. The monoisotopic (exact) mass is 491 g/mol. The highest BCUT2D eigenvalue weighted by molar-refractivity contribution is 7.91. The second-order valence-electron chi connectivity index (χ2n) is 9.04. The zero-order valence-electron chi connectivity index (χ0n) is 20.4. The Labute approximate surface area is 202 Å². The van der Waals surface area contributed by atoms with E-state index in [1.54, 1.807) is 18.2 Å². The molecule has 0 spiro atoms. The second kappa shape index (κ2) is 10.8. The summed E-state index contributed by atoms with van der Waals surface area (Å²) in [5, 5.41) is 0. The van der Waals surface area contributed by atoms with Gasteiger partial charge in [0.1, 0.15) is 17.1 Å². The molecule has 0 unspecified atom stereocenters. The largest absolute Gasteiger partial charge is 0.496 e. The lowest BCUT2D eigenvalue weighted by atomic mass is 9.79. The van der Waals surface area contributed by atoms with Crippen LogP contribution < -0.4 is 9.64 Å². The van der Waals surface area contributed by atoms with Gasteiger partial charge >= 0.3 is 5.97 Å². The number of esters is 1. The van der Waals surface area contributed by atoms with Gasteiger partial charge in [-0.15, -0.1) is 0 Å². The van der Waals surface area contributed by atoms with E-state index in [0.717, 1.165) is 38.5 Å². The van der Waals surface area contributed by atoms with Gasteiger partial charge in [0.2, 0.25) is 0 Å². The Morgan fingerprint density at radius 3 is 2.21 bits per heavy atom. The molecule has 0 N–H and O–H groups in total. The van der Waals surface area contributed by atoms with Crippen molar-refractivity contribution in [3.8, 4) is 5.75 Å². The minimum Gasteiger partial charge on any atom is -0.496 e. The van der Waals surface area contributed by atoms with Crippen LogP contribution in [0.25, 0.3) is 0 Å². The fourth-order valence-corrected chi connectivity index (χ4v) is 6.90. The van der Waals surface area contributed by atoms with E-state index in [2.05, 4.69) is 13.8 Å². The summed E-state index contributed by atoms with van der Waals surface area (Å²) >= 11 is 0. The summed E-state index contributed by atoms with van der Waals surface area (Å²) in [5.74, 6) is -0.830. The number of methoxy groups -OCH3 is 2. The maximum atomic E-state index is 13.8. The van der Waals surface area contributed by atoms with Gasteiger partial charge in [-0.1, -0.05) is 39.5 Å². The normalized spacial score (nSPS) is 16.4. The van der Waals surface area contributed by atoms with Gasteiger partial charge in [0.15, 0.2) is 9.84 Å². The average molecular weight is 492 g/mol. The Kier molecular flexibility index (Phi) is 8.23. The number of carbonyl (C=O) groups excluding carboxylic acids is 1. The van der Waals surface area contributed by atoms with Gasteiger partial charge in [-0.3, -0.25) is 0 Å². The molecule has 0 saturated heterocycles. The van der Waals surface area contributed by atoms with Crippen molar-refractivity contribution in [3.63, 3.8) is 0 Å². The molecule has 0 aromatic heterocycles. The average Bonchev–Trinajstić information content (AvgIpc) is 2.92. The number of hydrogen-bond acceptors (Lipinski definition) is 6. The number of carbonyl (C=O) groups is 1. The number of ether oxygens (including phenoxy) is 2. The Morgan fingerprint density at radius 2 is 1.68 bits per heavy atom. The number of rotatable bonds is 9. The van der Waals surface area contributed by atoms with Crippen molar-refractivity contribution in [2.24, 2.45) is 5.41 Å². The van der Waals surface area contributed by atoms with E-state index in [1.807, 2.05) is 4.90 Å². The van der Waals surface area contributed by atoms with Gasteiger partial charge in [-0.05, 0) is 43.2 Å². The molecule has 186 valence electrons. The third kappa shape index (κ3) is 5.37. The van der Waals surface area contributed by atoms with Crippen molar-refractivity contribution in [1.29, 1.82) is 0 Å². The molecular formula is C26H34FNO5S. The van der Waals surface area contributed by atoms with Crippen LogP contribution >= 0.6 is 0 Å². The molecule has 6 nitrogen and oxygen atoms in total. The molecular weight excluding hydrogens is 457 g/mol. The zero-order valence-corrected chi connectivity index (χ0v) is 21.2. The van der Waals surface area contributed by atoms with Crippen molar-refractivity contribution >= 4 is 27.2 Å². The van der Waals surface area contributed by atoms with Crippen molar-refractivity contribution < 1.29 is 27.1 Å². The first-order valence-corrected chi connectivity index (χ1v) is 13.4. The van der Waals surface area contributed by atoms with Crippen LogP contribution in [0, 0.1) is 11.2 Å². The van der Waals surface area contributed by atoms with Gasteiger partial charge in [-0.25, -0.2) is 17.6 Å². The predicted molar refractivity (Wildman–Crippen MR) is 131 cm³/mol. The lowest BCUT2D eigenvalue weighted by Crippen LogP contribution is -2.38. The van der Waals surface area contributed by atoms with E-state index in [9.17, 15) is 17.6 Å². The van der Waals surface area contributed by atoms with Crippen LogP contribution in [0.4, 0.5) is 15.8 Å². The van der Waals surface area contributed by atoms with E-state index in [4.69, 9.17) is 9.47 Å². The summed E-state index contributed by atoms with van der Waals surface area (Å²) in [6.07, 6.45) is 5.24. The summed E-state index contributed by atoms with van der Waals surface area (Å²) in [7, 11) is -1.10. The van der Waals surface area contributed by atoms with E-state index in [1.165, 1.54) is 32.4 Å². The Balaban J connectivity index is 2.30. The molecule has 1 heterocycles. The second-order valence-corrected chi connectivity index (χ2v) is 11.0. The Bertz CT molecular complexity index is 1110. The van der Waals surface area contributed by atoms with Gasteiger partial charge in [0, 0.05) is 23.7 Å². The standard InChI is InChI=1S/C26H34FNO5S/c1-5-7-13-26(14-8-6-2)17-28(20-11-9-19(27)10-12-20)22-16-23(32-3)21(25(29)33-4)15-24(22)34(30,31)18-26/h9-12,15-16H,5-8,13-14,17-18H2,1-4H3. The van der Waals surface area contributed by atoms with E-state index in [-0.39, 0.29) is 27.8 Å². The molecule has 2 aromatic rings. The van der Waals surface area contributed by atoms with Crippen LogP contribution in [0.3, 0.4) is 0 Å². The molecule has 0 saturated carbocycles. The lowest BCUT2D eigenvalue weighted by molar-refractivity contribution is 0.0597. The maximum Gasteiger partial charge on any atom is 0.341 e. The number of fused-ring (bicyclic) bond motifs is 1. The predicted octanol–water partition coefficient (Wildman–Crippen LogP) is 5.91. The third-order valence-corrected chi connectivity index (χ3v) is 8.55. The molecule has 0 atom stereocenters. The molecule has 2 aromatic carbocycles. The Morgan fingerprint density at radius 1 is 1.06 bits per heavy atom. The molecule has 0 radical (unpaired) electrons. The molecule has 3 rings (SSSR count). The molecule has 0 bridgehead atoms. The summed E-state index contributed by atoms with van der Waals surface area (Å²) in [6.45, 7) is 4.66. The fraction of sp³-hybridized carbons (Fsp3) is 0.500. The zero-order chi connectivity index (χ0) is 24.9. The highest BCUT2D eigenvalue weighted by atomic mass is 32.2. The van der Waals surface area contributed by atoms with Gasteiger partial charge in [0.05, 0.1) is 30.6 Å². The molecule has 0 aliphatic carbocycles. The maximum absolute atomic E-state index is 13.8. The molecule has 0 fully saturated rings. The Hall–Kier alpha value is -2.61. The summed E-state index contributed by atoms with van der Waals surface area (Å²) in [6, 6.07) is 8.99. The topological polar surface area (TPSA) is 72.9 Å². The first kappa shape index (κ1) is 26.0. The summed E-state index contributed by atoms with van der Waals surface area (Å²) in [5.41, 5.74) is 0.675. The van der Waals surface area contributed by atoms with Gasteiger partial charge in [0.25, 0.3) is 0 Å². The highest BCUT2D eigenvalue weighted by Gasteiger charge is 2.42. The highest BCUT2D eigenvalue weighted by Crippen LogP contribution is 2.46. The van der Waals surface area contributed by atoms with E-state index in [0.29, 0.717) is 17.9 Å². The number of halogens is 1. The lowest BCUT2D eigenvalue weighted by Gasteiger charge is -2.37. The van der Waals surface area contributed by atoms with Crippen LogP contribution in [-0.2, 0) is 14.6 Å². The van der Waals surface area contributed by atoms with Crippen LogP contribution in [0.15, 0.2) is 41.3 Å². The first-order chi connectivity index (χ1) is 16.2. The van der Waals surface area contributed by atoms with E-state index >= 15 is 0 Å². The third-order valence-electron chi connectivity index (χ3n) is 6.56. The molecule has 1 aliphatic heterocycles. The SMILES string of the molecule is CCCCC1(CCCC)CN(c2ccc(F)cc2)c2cc(OC)c(C(=O)OC)cc2S(=O)(=O)C1. The summed E-state index contributed by atoms with van der Waals surface area (Å²) < 4.78 is 51.8. The molecule has 1 aliphatic rings. The molecule has 8 heteroatoms. The van der Waals surface area contributed by atoms with Crippen molar-refractivity contribution in [1.82, 2.24) is 0 Å². The smallest absolute Gasteiger partial charge is 0.341 e. The van der Waals surface area contributed by atoms with Gasteiger partial charge in [-0.2, -0.15) is 0 Å². The number of anilines is 2. The van der Waals surface area contributed by atoms with E-state index < -0.39 is 21.2 Å². The summed E-state index contributed by atoms with van der Waals surface area (Å²) in [4.78, 5) is 14.4. The van der Waals surface area contributed by atoms with Crippen LogP contribution in [-0.4, -0.2) is 40.9 Å². The number of benzene rings is 2. The van der Waals surface area contributed by atoms with Crippen molar-refractivity contribution in [2.45, 2.75) is 57.3 Å². The number of hydrogen-bond donors (Lipinski definition) is 0. The first-order valence-electron chi connectivity index (χ1n) is 11.8. The van der Waals surface area contributed by atoms with Crippen LogP contribution in [0.5, 0.6) is 5.75 Å². The van der Waals surface area contributed by atoms with Crippen molar-refractivity contribution in [2.75, 3.05) is 31.4 Å². The fourth-order valence-electron chi connectivity index (χ4n) is 4.78. The number of nitrogens with zero attached hydrogens (tertiary/aromatic N) is 1. The molecule has 34 heavy (non-hydrogen) atoms.